The van der Waals surface area contributed by atoms with E-state index >= 15 is 0 Å². The molecule has 0 heterocycles. The molecule has 0 aromatic heterocycles. The summed E-state index contributed by atoms with van der Waals surface area (Å²) in [5.41, 5.74) is 1.03. The van der Waals surface area contributed by atoms with Crippen LogP contribution in [0.1, 0.15) is 50.0 Å². The summed E-state index contributed by atoms with van der Waals surface area (Å²) >= 11 is 0. The molecule has 0 aliphatic heterocycles. The number of phenolic OH excluding ortho intramolecular Hbond substituents is 1. The van der Waals surface area contributed by atoms with Crippen LogP contribution in [-0.4, -0.2) is 52.0 Å². The second kappa shape index (κ2) is 13.3. The lowest BCUT2D eigenvalue weighted by atomic mass is 9.99. The average Bonchev–Trinajstić information content (AvgIpc) is 2.81. The van der Waals surface area contributed by atoms with E-state index in [1.807, 2.05) is 19.9 Å². The first-order chi connectivity index (χ1) is 17.0. The molecule has 2 aromatic carbocycles. The molecule has 0 spiro atoms. The van der Waals surface area contributed by atoms with E-state index in [-0.39, 0.29) is 29.6 Å². The van der Waals surface area contributed by atoms with Gasteiger partial charge < -0.3 is 26.2 Å². The maximum Gasteiger partial charge on any atom is 0.326 e. The van der Waals surface area contributed by atoms with Crippen molar-refractivity contribution in [2.24, 2.45) is 11.8 Å². The fourth-order valence-corrected chi connectivity index (χ4v) is 3.66. The quantitative estimate of drug-likeness (QED) is 0.305. The fourth-order valence-electron chi connectivity index (χ4n) is 3.66. The summed E-state index contributed by atoms with van der Waals surface area (Å²) in [6.07, 6.45) is 0.424. The van der Waals surface area contributed by atoms with E-state index in [4.69, 9.17) is 0 Å². The number of carbonyl (C=O) groups excluding carboxylic acids is 3. The van der Waals surface area contributed by atoms with Crippen LogP contribution < -0.4 is 16.0 Å². The first kappa shape index (κ1) is 28.4. The number of hydrogen-bond acceptors (Lipinski definition) is 5. The molecule has 9 heteroatoms. The molecule has 194 valence electrons. The molecule has 0 bridgehead atoms. The topological polar surface area (TPSA) is 145 Å². The molecule has 2 aromatic rings. The van der Waals surface area contributed by atoms with Crippen LogP contribution in [-0.2, 0) is 20.8 Å². The third-order valence-electron chi connectivity index (χ3n) is 5.60. The van der Waals surface area contributed by atoms with Crippen molar-refractivity contribution < 1.29 is 29.4 Å². The van der Waals surface area contributed by atoms with E-state index in [1.165, 1.54) is 24.3 Å². The van der Waals surface area contributed by atoms with Gasteiger partial charge in [-0.25, -0.2) is 4.79 Å². The zero-order chi connectivity index (χ0) is 26.8. The van der Waals surface area contributed by atoms with Crippen molar-refractivity contribution in [3.63, 3.8) is 0 Å². The van der Waals surface area contributed by atoms with Crippen LogP contribution in [0.5, 0.6) is 5.75 Å². The molecule has 0 saturated carbocycles. The summed E-state index contributed by atoms with van der Waals surface area (Å²) in [5, 5.41) is 27.0. The van der Waals surface area contributed by atoms with Crippen LogP contribution >= 0.6 is 0 Å². The molecule has 0 radical (unpaired) electrons. The molecule has 0 aliphatic carbocycles. The van der Waals surface area contributed by atoms with Crippen molar-refractivity contribution in [2.45, 2.75) is 58.7 Å². The number of benzene rings is 2. The van der Waals surface area contributed by atoms with Crippen LogP contribution in [0, 0.1) is 11.8 Å². The average molecular weight is 498 g/mol. The number of aliphatic carboxylic acids is 1. The number of nitrogens with one attached hydrogen (secondary N) is 3. The number of aromatic hydroxyl groups is 1. The Kier molecular flexibility index (Phi) is 10.5. The van der Waals surface area contributed by atoms with Gasteiger partial charge in [0.1, 0.15) is 23.9 Å². The molecule has 0 saturated heterocycles. The smallest absolute Gasteiger partial charge is 0.326 e. The van der Waals surface area contributed by atoms with E-state index in [9.17, 15) is 29.4 Å². The van der Waals surface area contributed by atoms with Crippen LogP contribution in [0.2, 0.25) is 0 Å². The predicted molar refractivity (Wildman–Crippen MR) is 135 cm³/mol. The minimum atomic E-state index is -1.18. The van der Waals surface area contributed by atoms with Crippen molar-refractivity contribution >= 4 is 23.7 Å². The van der Waals surface area contributed by atoms with E-state index in [0.29, 0.717) is 6.42 Å². The van der Waals surface area contributed by atoms with Gasteiger partial charge in [-0.05, 0) is 48.1 Å². The second-order valence-electron chi connectivity index (χ2n) is 9.52. The molecular weight excluding hydrogens is 462 g/mol. The lowest BCUT2D eigenvalue weighted by Crippen LogP contribution is -2.57. The van der Waals surface area contributed by atoms with E-state index in [1.54, 1.807) is 38.1 Å². The maximum atomic E-state index is 13.2. The van der Waals surface area contributed by atoms with Crippen molar-refractivity contribution in [3.05, 3.63) is 65.7 Å². The summed E-state index contributed by atoms with van der Waals surface area (Å²) in [4.78, 5) is 50.7. The molecule has 3 amide bonds. The third-order valence-corrected chi connectivity index (χ3v) is 5.60. The summed E-state index contributed by atoms with van der Waals surface area (Å²) in [7, 11) is 0. The Balaban J connectivity index is 2.13. The van der Waals surface area contributed by atoms with Crippen LogP contribution in [0.15, 0.2) is 54.6 Å². The number of rotatable bonds is 12. The summed E-state index contributed by atoms with van der Waals surface area (Å²) in [6.45, 7) is 7.29. The fraction of sp³-hybridized carbons (Fsp3) is 0.407. The predicted octanol–water partition coefficient (Wildman–Crippen LogP) is 2.49. The SMILES string of the molecule is CC(C)C[C@@H](NC(=O)c1ccc(O)cc1)C(=O)N[C@@H](C(=O)N[C@H](Cc1ccccc1)C(=O)O)C(C)C. The van der Waals surface area contributed by atoms with Crippen molar-refractivity contribution in [3.8, 4) is 5.75 Å². The van der Waals surface area contributed by atoms with Gasteiger partial charge >= 0.3 is 5.97 Å². The minimum absolute atomic E-state index is 0.0146. The number of phenols is 1. The van der Waals surface area contributed by atoms with Gasteiger partial charge in [0.15, 0.2) is 0 Å². The highest BCUT2D eigenvalue weighted by Gasteiger charge is 2.31. The highest BCUT2D eigenvalue weighted by molar-refractivity contribution is 5.98. The van der Waals surface area contributed by atoms with Crippen molar-refractivity contribution in [1.29, 1.82) is 0 Å². The minimum Gasteiger partial charge on any atom is -0.508 e. The van der Waals surface area contributed by atoms with Gasteiger partial charge in [0, 0.05) is 12.0 Å². The Bertz CT molecular complexity index is 1040. The Morgan fingerprint density at radius 2 is 1.39 bits per heavy atom. The standard InChI is InChI=1S/C27H35N3O6/c1-16(2)14-21(28-24(32)19-10-12-20(31)13-11-19)25(33)30-23(17(3)4)26(34)29-22(27(35)36)15-18-8-6-5-7-9-18/h5-13,16-17,21-23,31H,14-15H2,1-4H3,(H,28,32)(H,29,34)(H,30,33)(H,35,36)/t21-,22-,23-/m1/s1. The Morgan fingerprint density at radius 3 is 1.92 bits per heavy atom. The van der Waals surface area contributed by atoms with Crippen molar-refractivity contribution in [1.82, 2.24) is 16.0 Å². The van der Waals surface area contributed by atoms with Crippen molar-refractivity contribution in [2.75, 3.05) is 0 Å². The maximum absolute atomic E-state index is 13.2. The van der Waals surface area contributed by atoms with E-state index in [0.717, 1.165) is 5.56 Å². The summed E-state index contributed by atoms with van der Waals surface area (Å²) in [6, 6.07) is 11.5. The second-order valence-corrected chi connectivity index (χ2v) is 9.52. The Labute approximate surface area is 211 Å². The molecule has 0 aliphatic rings. The molecule has 0 fully saturated rings. The lowest BCUT2D eigenvalue weighted by molar-refractivity contribution is -0.142. The van der Waals surface area contributed by atoms with E-state index in [2.05, 4.69) is 16.0 Å². The van der Waals surface area contributed by atoms with E-state index < -0.39 is 41.8 Å². The molecule has 3 atom stereocenters. The zero-order valence-electron chi connectivity index (χ0n) is 21.0. The van der Waals surface area contributed by atoms with Gasteiger partial charge in [-0.1, -0.05) is 58.0 Å². The normalized spacial score (nSPS) is 13.5. The summed E-state index contributed by atoms with van der Waals surface area (Å²) in [5.74, 6) is -3.09. The largest absolute Gasteiger partial charge is 0.508 e. The first-order valence-corrected chi connectivity index (χ1v) is 11.9. The molecule has 5 N–H and O–H groups in total. The molecular formula is C27H35N3O6. The number of carbonyl (C=O) groups is 4. The molecule has 9 nitrogen and oxygen atoms in total. The number of hydrogen-bond donors (Lipinski definition) is 5. The highest BCUT2D eigenvalue weighted by atomic mass is 16.4. The zero-order valence-corrected chi connectivity index (χ0v) is 21.0. The highest BCUT2D eigenvalue weighted by Crippen LogP contribution is 2.12. The number of carboxylic acid groups (broad SMARTS) is 1. The van der Waals surface area contributed by atoms with Crippen LogP contribution in [0.3, 0.4) is 0 Å². The summed E-state index contributed by atoms with van der Waals surface area (Å²) < 4.78 is 0. The van der Waals surface area contributed by atoms with Gasteiger partial charge in [-0.15, -0.1) is 0 Å². The van der Waals surface area contributed by atoms with Crippen LogP contribution in [0.25, 0.3) is 0 Å². The first-order valence-electron chi connectivity index (χ1n) is 11.9. The monoisotopic (exact) mass is 497 g/mol. The molecule has 0 unspecified atom stereocenters. The molecule has 36 heavy (non-hydrogen) atoms. The number of carboxylic acids is 1. The Morgan fingerprint density at radius 1 is 0.778 bits per heavy atom. The number of amides is 3. The van der Waals surface area contributed by atoms with Gasteiger partial charge in [-0.2, -0.15) is 0 Å². The van der Waals surface area contributed by atoms with Gasteiger partial charge in [0.2, 0.25) is 11.8 Å². The lowest BCUT2D eigenvalue weighted by Gasteiger charge is -2.27. The molecule has 2 rings (SSSR count). The van der Waals surface area contributed by atoms with Gasteiger partial charge in [0.05, 0.1) is 0 Å². The third kappa shape index (κ3) is 8.72. The van der Waals surface area contributed by atoms with Gasteiger partial charge in [-0.3, -0.25) is 14.4 Å². The Hall–Kier alpha value is -3.88. The van der Waals surface area contributed by atoms with Crippen LogP contribution in [0.4, 0.5) is 0 Å². The van der Waals surface area contributed by atoms with Gasteiger partial charge in [0.25, 0.3) is 5.91 Å².